The summed E-state index contributed by atoms with van der Waals surface area (Å²) in [6, 6.07) is 8.51. The highest BCUT2D eigenvalue weighted by Gasteiger charge is 2.16. The highest BCUT2D eigenvalue weighted by molar-refractivity contribution is 5.47. The number of aliphatic hydroxyl groups is 1. The Morgan fingerprint density at radius 3 is 2.44 bits per heavy atom. The Balaban J connectivity index is 1.91. The number of hydrogen-bond donors (Lipinski definition) is 1. The lowest BCUT2D eigenvalue weighted by atomic mass is 10.1. The van der Waals surface area contributed by atoms with Gasteiger partial charge in [-0.05, 0) is 24.0 Å². The lowest BCUT2D eigenvalue weighted by Gasteiger charge is -2.29. The van der Waals surface area contributed by atoms with Crippen LogP contribution in [-0.4, -0.2) is 29.2 Å². The van der Waals surface area contributed by atoms with Crippen LogP contribution in [0.3, 0.4) is 0 Å². The lowest BCUT2D eigenvalue weighted by molar-refractivity contribution is 0.0792. The largest absolute Gasteiger partial charge is 0.393 e. The SMILES string of the molecule is C=Cc1ccc(CN2CCC(O)CC2)cc1. The third-order valence-electron chi connectivity index (χ3n) is 3.18. The van der Waals surface area contributed by atoms with E-state index in [9.17, 15) is 5.11 Å². The van der Waals surface area contributed by atoms with Gasteiger partial charge in [-0.2, -0.15) is 0 Å². The van der Waals surface area contributed by atoms with Gasteiger partial charge in [0.25, 0.3) is 0 Å². The molecular weight excluding hydrogens is 198 g/mol. The van der Waals surface area contributed by atoms with Crippen LogP contribution in [0.1, 0.15) is 24.0 Å². The van der Waals surface area contributed by atoms with Crippen molar-refractivity contribution in [3.63, 3.8) is 0 Å². The molecule has 1 aliphatic heterocycles. The standard InChI is InChI=1S/C14H19NO/c1-2-12-3-5-13(6-4-12)11-15-9-7-14(16)8-10-15/h2-6,14,16H,1,7-11H2. The minimum atomic E-state index is -0.0839. The zero-order chi connectivity index (χ0) is 11.4. The number of hydrogen-bond acceptors (Lipinski definition) is 2. The van der Waals surface area contributed by atoms with Crippen LogP contribution >= 0.6 is 0 Å². The second-order valence-electron chi connectivity index (χ2n) is 4.45. The second kappa shape index (κ2) is 5.28. The Hall–Kier alpha value is -1.12. The summed E-state index contributed by atoms with van der Waals surface area (Å²) in [7, 11) is 0. The van der Waals surface area contributed by atoms with E-state index in [4.69, 9.17) is 0 Å². The highest BCUT2D eigenvalue weighted by atomic mass is 16.3. The number of nitrogens with zero attached hydrogens (tertiary/aromatic N) is 1. The highest BCUT2D eigenvalue weighted by Crippen LogP contribution is 2.14. The molecule has 0 atom stereocenters. The summed E-state index contributed by atoms with van der Waals surface area (Å²) in [6.45, 7) is 6.75. The van der Waals surface area contributed by atoms with Crippen LogP contribution in [0.25, 0.3) is 6.08 Å². The Morgan fingerprint density at radius 2 is 1.88 bits per heavy atom. The molecule has 2 nitrogen and oxygen atoms in total. The van der Waals surface area contributed by atoms with Gasteiger partial charge < -0.3 is 5.11 Å². The van der Waals surface area contributed by atoms with E-state index < -0.39 is 0 Å². The molecule has 1 aliphatic rings. The topological polar surface area (TPSA) is 23.5 Å². The van der Waals surface area contributed by atoms with E-state index >= 15 is 0 Å². The first-order chi connectivity index (χ1) is 7.78. The molecule has 1 fully saturated rings. The van der Waals surface area contributed by atoms with Gasteiger partial charge in [-0.3, -0.25) is 4.90 Å². The Kier molecular flexibility index (Phi) is 3.75. The molecule has 86 valence electrons. The molecule has 2 rings (SSSR count). The summed E-state index contributed by atoms with van der Waals surface area (Å²) in [6.07, 6.45) is 3.59. The number of aliphatic hydroxyl groups excluding tert-OH is 1. The molecule has 0 radical (unpaired) electrons. The Labute approximate surface area is 97.2 Å². The summed E-state index contributed by atoms with van der Waals surface area (Å²) in [5, 5.41) is 9.42. The number of benzene rings is 1. The van der Waals surface area contributed by atoms with E-state index in [-0.39, 0.29) is 6.10 Å². The van der Waals surface area contributed by atoms with Crippen LogP contribution in [0.2, 0.25) is 0 Å². The fraction of sp³-hybridized carbons (Fsp3) is 0.429. The maximum atomic E-state index is 9.42. The number of piperidine rings is 1. The van der Waals surface area contributed by atoms with Crippen molar-refractivity contribution in [2.75, 3.05) is 13.1 Å². The molecule has 0 unspecified atom stereocenters. The van der Waals surface area contributed by atoms with Crippen molar-refractivity contribution in [1.29, 1.82) is 0 Å². The minimum absolute atomic E-state index is 0.0839. The average molecular weight is 217 g/mol. The summed E-state index contributed by atoms with van der Waals surface area (Å²) in [4.78, 5) is 2.40. The van der Waals surface area contributed by atoms with Gasteiger partial charge in [0, 0.05) is 19.6 Å². The predicted octanol–water partition coefficient (Wildman–Crippen LogP) is 2.29. The van der Waals surface area contributed by atoms with Crippen LogP contribution in [0, 0.1) is 0 Å². The van der Waals surface area contributed by atoms with Gasteiger partial charge in [-0.15, -0.1) is 0 Å². The molecule has 1 heterocycles. The normalized spacial score (nSPS) is 18.6. The van der Waals surface area contributed by atoms with Gasteiger partial charge in [0.15, 0.2) is 0 Å². The van der Waals surface area contributed by atoms with Gasteiger partial charge in [0.2, 0.25) is 0 Å². The predicted molar refractivity (Wildman–Crippen MR) is 67.1 cm³/mol. The molecule has 1 N–H and O–H groups in total. The van der Waals surface area contributed by atoms with Crippen LogP contribution in [0.5, 0.6) is 0 Å². The van der Waals surface area contributed by atoms with Crippen LogP contribution in [-0.2, 0) is 6.54 Å². The van der Waals surface area contributed by atoms with Crippen molar-refractivity contribution in [2.24, 2.45) is 0 Å². The van der Waals surface area contributed by atoms with E-state index in [1.54, 1.807) is 0 Å². The van der Waals surface area contributed by atoms with Crippen LogP contribution < -0.4 is 0 Å². The first kappa shape index (κ1) is 11.4. The van der Waals surface area contributed by atoms with Gasteiger partial charge in [-0.1, -0.05) is 36.9 Å². The third kappa shape index (κ3) is 2.94. The summed E-state index contributed by atoms with van der Waals surface area (Å²) in [5.41, 5.74) is 2.50. The van der Waals surface area contributed by atoms with Crippen molar-refractivity contribution >= 4 is 6.08 Å². The smallest absolute Gasteiger partial charge is 0.0564 e. The van der Waals surface area contributed by atoms with E-state index in [0.29, 0.717) is 0 Å². The molecule has 16 heavy (non-hydrogen) atoms. The van der Waals surface area contributed by atoms with Crippen molar-refractivity contribution in [2.45, 2.75) is 25.5 Å². The fourth-order valence-electron chi connectivity index (χ4n) is 2.09. The second-order valence-corrected chi connectivity index (χ2v) is 4.45. The quantitative estimate of drug-likeness (QED) is 0.839. The van der Waals surface area contributed by atoms with E-state index in [2.05, 4.69) is 35.7 Å². The number of rotatable bonds is 3. The molecule has 0 amide bonds. The molecule has 1 aromatic rings. The molecular formula is C14H19NO. The summed E-state index contributed by atoms with van der Waals surface area (Å²) < 4.78 is 0. The van der Waals surface area contributed by atoms with Gasteiger partial charge >= 0.3 is 0 Å². The van der Waals surface area contributed by atoms with Gasteiger partial charge in [0.05, 0.1) is 6.10 Å². The minimum Gasteiger partial charge on any atom is -0.393 e. The molecule has 0 aliphatic carbocycles. The average Bonchev–Trinajstić information content (AvgIpc) is 2.33. The summed E-state index contributed by atoms with van der Waals surface area (Å²) in [5.74, 6) is 0. The van der Waals surface area contributed by atoms with Crippen molar-refractivity contribution in [1.82, 2.24) is 4.90 Å². The summed E-state index contributed by atoms with van der Waals surface area (Å²) >= 11 is 0. The molecule has 0 aromatic heterocycles. The molecule has 1 saturated heterocycles. The fourth-order valence-corrected chi connectivity index (χ4v) is 2.09. The van der Waals surface area contributed by atoms with E-state index in [1.165, 1.54) is 5.56 Å². The van der Waals surface area contributed by atoms with Crippen molar-refractivity contribution < 1.29 is 5.11 Å². The monoisotopic (exact) mass is 217 g/mol. The van der Waals surface area contributed by atoms with Gasteiger partial charge in [-0.25, -0.2) is 0 Å². The van der Waals surface area contributed by atoms with Crippen molar-refractivity contribution in [3.8, 4) is 0 Å². The Morgan fingerprint density at radius 1 is 1.25 bits per heavy atom. The third-order valence-corrected chi connectivity index (χ3v) is 3.18. The molecule has 0 bridgehead atoms. The number of likely N-dealkylation sites (tertiary alicyclic amines) is 1. The Bertz CT molecular complexity index is 336. The lowest BCUT2D eigenvalue weighted by Crippen LogP contribution is -2.35. The molecule has 0 saturated carbocycles. The van der Waals surface area contributed by atoms with E-state index in [0.717, 1.165) is 38.0 Å². The maximum Gasteiger partial charge on any atom is 0.0564 e. The molecule has 0 spiro atoms. The van der Waals surface area contributed by atoms with Crippen LogP contribution in [0.15, 0.2) is 30.8 Å². The molecule has 1 aromatic carbocycles. The maximum absolute atomic E-state index is 9.42. The first-order valence-corrected chi connectivity index (χ1v) is 5.90. The van der Waals surface area contributed by atoms with Crippen molar-refractivity contribution in [3.05, 3.63) is 42.0 Å². The van der Waals surface area contributed by atoms with Gasteiger partial charge in [0.1, 0.15) is 0 Å². The van der Waals surface area contributed by atoms with E-state index in [1.807, 2.05) is 6.08 Å². The zero-order valence-electron chi connectivity index (χ0n) is 9.60. The molecule has 2 heteroatoms. The first-order valence-electron chi connectivity index (χ1n) is 5.90. The zero-order valence-corrected chi connectivity index (χ0v) is 9.60. The van der Waals surface area contributed by atoms with Crippen LogP contribution in [0.4, 0.5) is 0 Å².